The summed E-state index contributed by atoms with van der Waals surface area (Å²) in [5, 5.41) is 3.24. The second-order valence-electron chi connectivity index (χ2n) is 6.66. The molecule has 0 saturated carbocycles. The molecule has 0 spiro atoms. The van der Waals surface area contributed by atoms with Gasteiger partial charge in [-0.25, -0.2) is 4.39 Å². The molecule has 1 fully saturated rings. The van der Waals surface area contributed by atoms with Gasteiger partial charge >= 0.3 is 0 Å². The number of anilines is 1. The third kappa shape index (κ3) is 5.35. The minimum Gasteiger partial charge on any atom is -0.399 e. The van der Waals surface area contributed by atoms with Crippen LogP contribution in [-0.4, -0.2) is 43.2 Å². The van der Waals surface area contributed by atoms with Crippen LogP contribution >= 0.6 is 24.0 Å². The van der Waals surface area contributed by atoms with Crippen molar-refractivity contribution < 1.29 is 13.9 Å². The first-order valence-electron chi connectivity index (χ1n) is 8.89. The SMILES string of the molecule is CC1CN(C(CNC(=O)c2ccc(N)cc2)c2c(F)cccc2Cl)CCO1.Cl. The summed E-state index contributed by atoms with van der Waals surface area (Å²) in [4.78, 5) is 14.6. The number of benzene rings is 2. The molecule has 3 N–H and O–H groups in total. The first-order chi connectivity index (χ1) is 13.0. The maximum Gasteiger partial charge on any atom is 0.251 e. The van der Waals surface area contributed by atoms with Crippen LogP contribution in [0, 0.1) is 5.82 Å². The van der Waals surface area contributed by atoms with Gasteiger partial charge in [0.25, 0.3) is 5.91 Å². The zero-order valence-corrected chi connectivity index (χ0v) is 17.1. The molecule has 0 radical (unpaired) electrons. The lowest BCUT2D eigenvalue weighted by Gasteiger charge is -2.38. The molecule has 2 aromatic rings. The van der Waals surface area contributed by atoms with E-state index in [1.54, 1.807) is 36.4 Å². The van der Waals surface area contributed by atoms with Crippen molar-refractivity contribution in [1.29, 1.82) is 0 Å². The fourth-order valence-corrected chi connectivity index (χ4v) is 3.59. The van der Waals surface area contributed by atoms with Crippen LogP contribution < -0.4 is 11.1 Å². The lowest BCUT2D eigenvalue weighted by atomic mass is 10.0. The van der Waals surface area contributed by atoms with E-state index in [9.17, 15) is 9.18 Å². The van der Waals surface area contributed by atoms with Crippen LogP contribution in [0.4, 0.5) is 10.1 Å². The smallest absolute Gasteiger partial charge is 0.251 e. The Morgan fingerprint density at radius 3 is 2.71 bits per heavy atom. The molecule has 2 unspecified atom stereocenters. The van der Waals surface area contributed by atoms with E-state index in [1.807, 2.05) is 6.92 Å². The molecule has 8 heteroatoms. The van der Waals surface area contributed by atoms with Gasteiger partial charge in [0.15, 0.2) is 0 Å². The van der Waals surface area contributed by atoms with Gasteiger partial charge in [0, 0.05) is 41.5 Å². The van der Waals surface area contributed by atoms with Gasteiger partial charge in [0.1, 0.15) is 5.82 Å². The molecule has 152 valence electrons. The highest BCUT2D eigenvalue weighted by molar-refractivity contribution is 6.31. The van der Waals surface area contributed by atoms with Crippen LogP contribution in [0.5, 0.6) is 0 Å². The maximum atomic E-state index is 14.6. The highest BCUT2D eigenvalue weighted by Crippen LogP contribution is 2.31. The van der Waals surface area contributed by atoms with Crippen molar-refractivity contribution in [3.8, 4) is 0 Å². The number of halogens is 3. The van der Waals surface area contributed by atoms with Crippen molar-refractivity contribution in [2.75, 3.05) is 32.0 Å². The van der Waals surface area contributed by atoms with Gasteiger partial charge in [0.2, 0.25) is 0 Å². The second-order valence-corrected chi connectivity index (χ2v) is 7.07. The third-order valence-corrected chi connectivity index (χ3v) is 5.00. The van der Waals surface area contributed by atoms with E-state index in [0.717, 1.165) is 0 Å². The Morgan fingerprint density at radius 2 is 2.07 bits per heavy atom. The number of rotatable bonds is 5. The summed E-state index contributed by atoms with van der Waals surface area (Å²) in [5.41, 5.74) is 7.14. The second kappa shape index (κ2) is 10.1. The van der Waals surface area contributed by atoms with Crippen LogP contribution in [0.25, 0.3) is 0 Å². The maximum absolute atomic E-state index is 14.6. The Kier molecular flexibility index (Phi) is 8.07. The van der Waals surface area contributed by atoms with E-state index in [0.29, 0.717) is 41.5 Å². The van der Waals surface area contributed by atoms with Crippen LogP contribution in [0.2, 0.25) is 5.02 Å². The standard InChI is InChI=1S/C20H23ClFN3O2.ClH/c1-13-12-25(9-10-27-13)18(19-16(21)3-2-4-17(19)22)11-24-20(26)14-5-7-15(23)8-6-14;/h2-8,13,18H,9-12,23H2,1H3,(H,24,26);1H. The zero-order valence-electron chi connectivity index (χ0n) is 15.5. The number of nitrogens with zero attached hydrogens (tertiary/aromatic N) is 1. The number of nitrogens with one attached hydrogen (secondary N) is 1. The minimum absolute atomic E-state index is 0. The highest BCUT2D eigenvalue weighted by Gasteiger charge is 2.29. The number of hydrogen-bond acceptors (Lipinski definition) is 4. The van der Waals surface area contributed by atoms with Gasteiger partial charge in [-0.1, -0.05) is 17.7 Å². The summed E-state index contributed by atoms with van der Waals surface area (Å²) in [6, 6.07) is 10.9. The number of ether oxygens (including phenoxy) is 1. The number of carbonyl (C=O) groups is 1. The van der Waals surface area contributed by atoms with E-state index in [-0.39, 0.29) is 42.8 Å². The van der Waals surface area contributed by atoms with Crippen molar-refractivity contribution in [2.24, 2.45) is 0 Å². The zero-order chi connectivity index (χ0) is 19.4. The lowest BCUT2D eigenvalue weighted by molar-refractivity contribution is -0.0346. The number of nitrogen functional groups attached to an aromatic ring is 1. The van der Waals surface area contributed by atoms with Crippen LogP contribution in [0.15, 0.2) is 42.5 Å². The third-order valence-electron chi connectivity index (χ3n) is 4.68. The Balaban J connectivity index is 0.00000280. The molecule has 1 saturated heterocycles. The molecule has 5 nitrogen and oxygen atoms in total. The number of carbonyl (C=O) groups excluding carboxylic acids is 1. The van der Waals surface area contributed by atoms with Crippen LogP contribution in [0.1, 0.15) is 28.9 Å². The van der Waals surface area contributed by atoms with Gasteiger partial charge in [-0.3, -0.25) is 9.69 Å². The molecule has 3 rings (SSSR count). The van der Waals surface area contributed by atoms with Gasteiger partial charge in [-0.15, -0.1) is 12.4 Å². The quantitative estimate of drug-likeness (QED) is 0.714. The van der Waals surface area contributed by atoms with E-state index in [4.69, 9.17) is 22.1 Å². The highest BCUT2D eigenvalue weighted by atomic mass is 35.5. The lowest BCUT2D eigenvalue weighted by Crippen LogP contribution is -2.47. The molecular weight excluding hydrogens is 404 g/mol. The predicted octanol–water partition coefficient (Wildman–Crippen LogP) is 3.67. The van der Waals surface area contributed by atoms with Crippen molar-refractivity contribution in [3.63, 3.8) is 0 Å². The van der Waals surface area contributed by atoms with Crippen molar-refractivity contribution in [3.05, 3.63) is 64.4 Å². The number of hydrogen-bond donors (Lipinski definition) is 2. The summed E-state index contributed by atoms with van der Waals surface area (Å²) in [7, 11) is 0. The van der Waals surface area contributed by atoms with Crippen molar-refractivity contribution >= 4 is 35.6 Å². The molecule has 28 heavy (non-hydrogen) atoms. The molecule has 1 aliphatic heterocycles. The summed E-state index contributed by atoms with van der Waals surface area (Å²) in [5.74, 6) is -0.623. The Hall–Kier alpha value is -1.86. The van der Waals surface area contributed by atoms with Gasteiger partial charge in [-0.2, -0.15) is 0 Å². The Bertz CT molecular complexity index is 784. The van der Waals surface area contributed by atoms with Gasteiger partial charge < -0.3 is 15.8 Å². The topological polar surface area (TPSA) is 67.6 Å². The summed E-state index contributed by atoms with van der Waals surface area (Å²) < 4.78 is 20.2. The van der Waals surface area contributed by atoms with Gasteiger partial charge in [-0.05, 0) is 43.3 Å². The molecule has 0 aromatic heterocycles. The normalized spacial score (nSPS) is 18.2. The Labute approximate surface area is 175 Å². The largest absolute Gasteiger partial charge is 0.399 e. The van der Waals surface area contributed by atoms with Crippen LogP contribution in [-0.2, 0) is 4.74 Å². The van der Waals surface area contributed by atoms with E-state index in [1.165, 1.54) is 6.07 Å². The molecular formula is C20H24Cl2FN3O2. The van der Waals surface area contributed by atoms with Crippen molar-refractivity contribution in [2.45, 2.75) is 19.1 Å². The fraction of sp³-hybridized carbons (Fsp3) is 0.350. The van der Waals surface area contributed by atoms with Gasteiger partial charge in [0.05, 0.1) is 18.8 Å². The predicted molar refractivity (Wildman–Crippen MR) is 112 cm³/mol. The molecule has 1 heterocycles. The average Bonchev–Trinajstić information content (AvgIpc) is 2.64. The molecule has 1 aliphatic rings. The first-order valence-corrected chi connectivity index (χ1v) is 9.27. The van der Waals surface area contributed by atoms with E-state index in [2.05, 4.69) is 10.2 Å². The van der Waals surface area contributed by atoms with E-state index >= 15 is 0 Å². The van der Waals surface area contributed by atoms with Crippen molar-refractivity contribution in [1.82, 2.24) is 10.2 Å². The number of morpholine rings is 1. The molecule has 0 aliphatic carbocycles. The summed E-state index contributed by atoms with van der Waals surface area (Å²) in [6.07, 6.45) is 0.0274. The van der Waals surface area contributed by atoms with Crippen LogP contribution in [0.3, 0.4) is 0 Å². The first kappa shape index (κ1) is 22.4. The van der Waals surface area contributed by atoms with E-state index < -0.39 is 0 Å². The minimum atomic E-state index is -0.386. The number of amides is 1. The summed E-state index contributed by atoms with van der Waals surface area (Å²) >= 11 is 6.31. The monoisotopic (exact) mass is 427 g/mol. The molecule has 1 amide bonds. The summed E-state index contributed by atoms with van der Waals surface area (Å²) in [6.45, 7) is 4.02. The molecule has 0 bridgehead atoms. The molecule has 2 aromatic carbocycles. The Morgan fingerprint density at radius 1 is 1.36 bits per heavy atom. The number of nitrogens with two attached hydrogens (primary N) is 1. The molecule has 2 atom stereocenters. The average molecular weight is 428 g/mol. The fourth-order valence-electron chi connectivity index (χ4n) is 3.30.